The van der Waals surface area contributed by atoms with E-state index in [9.17, 15) is 18.0 Å². The number of nitrogens with zero attached hydrogens (tertiary/aromatic N) is 1. The smallest absolute Gasteiger partial charge is 0.382 e. The van der Waals surface area contributed by atoms with Crippen molar-refractivity contribution in [1.82, 2.24) is 5.32 Å². The zero-order chi connectivity index (χ0) is 16.9. The lowest BCUT2D eigenvalue weighted by Crippen LogP contribution is -2.28. The monoisotopic (exact) mass is 339 g/mol. The van der Waals surface area contributed by atoms with E-state index < -0.39 is 11.7 Å². The molecule has 8 heteroatoms. The van der Waals surface area contributed by atoms with Gasteiger partial charge in [0.05, 0.1) is 21.7 Å². The number of benzene rings is 1. The Bertz CT molecular complexity index is 721. The molecule has 2 rings (SSSR count). The Hall–Kier alpha value is -2.53. The van der Waals surface area contributed by atoms with Gasteiger partial charge in [-0.15, -0.1) is 11.3 Å². The molecule has 0 aliphatic heterocycles. The molecule has 0 spiro atoms. The molecule has 120 valence electrons. The van der Waals surface area contributed by atoms with Gasteiger partial charge in [0.15, 0.2) is 0 Å². The summed E-state index contributed by atoms with van der Waals surface area (Å²) in [4.78, 5) is 12.3. The molecule has 1 amide bonds. The van der Waals surface area contributed by atoms with Crippen molar-refractivity contribution < 1.29 is 18.0 Å². The normalized spacial score (nSPS) is 10.9. The fourth-order valence-electron chi connectivity index (χ4n) is 1.84. The summed E-state index contributed by atoms with van der Waals surface area (Å²) in [6.07, 6.45) is -4.49. The first-order valence-corrected chi connectivity index (χ1v) is 7.46. The van der Waals surface area contributed by atoms with Gasteiger partial charge in [-0.05, 0) is 29.6 Å². The lowest BCUT2D eigenvalue weighted by atomic mass is 10.1. The van der Waals surface area contributed by atoms with Crippen molar-refractivity contribution in [2.75, 3.05) is 18.4 Å². The Labute approximate surface area is 134 Å². The number of rotatable bonds is 5. The van der Waals surface area contributed by atoms with Crippen molar-refractivity contribution in [2.24, 2.45) is 0 Å². The first-order valence-electron chi connectivity index (χ1n) is 6.58. The number of hydrogen-bond acceptors (Lipinski definition) is 4. The highest BCUT2D eigenvalue weighted by molar-refractivity contribution is 7.12. The summed E-state index contributed by atoms with van der Waals surface area (Å²) in [5.41, 5.74) is -0.666. The Morgan fingerprint density at radius 2 is 2.04 bits per heavy atom. The van der Waals surface area contributed by atoms with E-state index in [0.29, 0.717) is 10.6 Å². The van der Waals surface area contributed by atoms with Crippen LogP contribution in [0.5, 0.6) is 0 Å². The SMILES string of the molecule is N#Cc1cc(C(F)(F)F)ccc1NCCNC(=O)c1cccs1. The van der Waals surface area contributed by atoms with Crippen LogP contribution in [0.4, 0.5) is 18.9 Å². The van der Waals surface area contributed by atoms with Crippen LogP contribution in [0.1, 0.15) is 20.8 Å². The number of nitriles is 1. The molecule has 1 aromatic carbocycles. The maximum atomic E-state index is 12.6. The molecule has 0 saturated carbocycles. The maximum absolute atomic E-state index is 12.6. The molecule has 0 atom stereocenters. The van der Waals surface area contributed by atoms with Gasteiger partial charge in [-0.25, -0.2) is 0 Å². The predicted octanol–water partition coefficient (Wildman–Crippen LogP) is 3.48. The number of anilines is 1. The second kappa shape index (κ2) is 7.15. The molecule has 4 nitrogen and oxygen atoms in total. The van der Waals surface area contributed by atoms with Gasteiger partial charge in [0, 0.05) is 13.1 Å². The number of carbonyl (C=O) groups is 1. The molecule has 0 aliphatic carbocycles. The average molecular weight is 339 g/mol. The summed E-state index contributed by atoms with van der Waals surface area (Å²) in [7, 11) is 0. The van der Waals surface area contributed by atoms with Crippen molar-refractivity contribution in [3.63, 3.8) is 0 Å². The van der Waals surface area contributed by atoms with Gasteiger partial charge >= 0.3 is 6.18 Å². The van der Waals surface area contributed by atoms with Gasteiger partial charge < -0.3 is 10.6 Å². The average Bonchev–Trinajstić information content (AvgIpc) is 3.04. The van der Waals surface area contributed by atoms with Crippen LogP contribution in [0.15, 0.2) is 35.7 Å². The van der Waals surface area contributed by atoms with E-state index in [4.69, 9.17) is 5.26 Å². The first-order chi connectivity index (χ1) is 10.9. The highest BCUT2D eigenvalue weighted by Crippen LogP contribution is 2.31. The molecule has 2 N–H and O–H groups in total. The highest BCUT2D eigenvalue weighted by Gasteiger charge is 2.31. The summed E-state index contributed by atoms with van der Waals surface area (Å²) < 4.78 is 37.8. The zero-order valence-electron chi connectivity index (χ0n) is 11.8. The van der Waals surface area contributed by atoms with Crippen LogP contribution < -0.4 is 10.6 Å². The quantitative estimate of drug-likeness (QED) is 0.820. The third-order valence-corrected chi connectivity index (χ3v) is 3.81. The molecule has 0 unspecified atom stereocenters. The molecule has 23 heavy (non-hydrogen) atoms. The summed E-state index contributed by atoms with van der Waals surface area (Å²) in [6, 6.07) is 8.11. The summed E-state index contributed by atoms with van der Waals surface area (Å²) >= 11 is 1.31. The number of alkyl halides is 3. The maximum Gasteiger partial charge on any atom is 0.416 e. The lowest BCUT2D eigenvalue weighted by molar-refractivity contribution is -0.137. The Balaban J connectivity index is 1.91. The fourth-order valence-corrected chi connectivity index (χ4v) is 2.48. The minimum absolute atomic E-state index is 0.0931. The first kappa shape index (κ1) is 16.8. The van der Waals surface area contributed by atoms with Crippen LogP contribution in [-0.2, 0) is 6.18 Å². The van der Waals surface area contributed by atoms with Gasteiger partial charge in [-0.1, -0.05) is 6.07 Å². The van der Waals surface area contributed by atoms with Gasteiger partial charge in [-0.3, -0.25) is 4.79 Å². The van der Waals surface area contributed by atoms with E-state index in [2.05, 4.69) is 10.6 Å². The van der Waals surface area contributed by atoms with E-state index in [-0.39, 0.29) is 24.6 Å². The lowest BCUT2D eigenvalue weighted by Gasteiger charge is -2.12. The summed E-state index contributed by atoms with van der Waals surface area (Å²) in [5.74, 6) is -0.213. The topological polar surface area (TPSA) is 64.9 Å². The molecule has 0 bridgehead atoms. The van der Waals surface area contributed by atoms with Crippen LogP contribution in [0, 0.1) is 11.3 Å². The Kier molecular flexibility index (Phi) is 5.24. The number of carbonyl (C=O) groups excluding carboxylic acids is 1. The molecule has 1 aromatic heterocycles. The van der Waals surface area contributed by atoms with E-state index in [1.807, 2.05) is 0 Å². The number of hydrogen-bond donors (Lipinski definition) is 2. The molecule has 0 fully saturated rings. The van der Waals surface area contributed by atoms with Crippen molar-refractivity contribution in [1.29, 1.82) is 5.26 Å². The summed E-state index contributed by atoms with van der Waals surface area (Å²) in [6.45, 7) is 0.569. The standard InChI is InChI=1S/C15H12F3N3OS/c16-15(17,18)11-3-4-12(10(8-11)9-19)20-5-6-21-14(22)13-2-1-7-23-13/h1-4,7-8,20H,5-6H2,(H,21,22). The van der Waals surface area contributed by atoms with Gasteiger partial charge in [0.1, 0.15) is 6.07 Å². The summed E-state index contributed by atoms with van der Waals surface area (Å²) in [5, 5.41) is 16.3. The van der Waals surface area contributed by atoms with Crippen LogP contribution in [0.2, 0.25) is 0 Å². The Morgan fingerprint density at radius 1 is 1.26 bits per heavy atom. The van der Waals surface area contributed by atoms with Crippen molar-refractivity contribution >= 4 is 22.9 Å². The third kappa shape index (κ3) is 4.47. The van der Waals surface area contributed by atoms with E-state index in [1.165, 1.54) is 17.4 Å². The predicted molar refractivity (Wildman–Crippen MR) is 81.3 cm³/mol. The van der Waals surface area contributed by atoms with Crippen molar-refractivity contribution in [2.45, 2.75) is 6.18 Å². The number of halogens is 3. The van der Waals surface area contributed by atoms with Gasteiger partial charge in [-0.2, -0.15) is 18.4 Å². The van der Waals surface area contributed by atoms with Crippen LogP contribution in [0.3, 0.4) is 0 Å². The molecule has 0 aliphatic rings. The van der Waals surface area contributed by atoms with Crippen molar-refractivity contribution in [3.05, 3.63) is 51.7 Å². The Morgan fingerprint density at radius 3 is 2.65 bits per heavy atom. The van der Waals surface area contributed by atoms with E-state index in [1.54, 1.807) is 23.6 Å². The van der Waals surface area contributed by atoms with E-state index in [0.717, 1.165) is 12.1 Å². The molecule has 1 heterocycles. The molecular weight excluding hydrogens is 327 g/mol. The number of amides is 1. The van der Waals surface area contributed by atoms with Crippen LogP contribution in [0.25, 0.3) is 0 Å². The molecule has 0 saturated heterocycles. The van der Waals surface area contributed by atoms with Crippen molar-refractivity contribution in [3.8, 4) is 6.07 Å². The number of nitrogens with one attached hydrogen (secondary N) is 2. The van der Waals surface area contributed by atoms with Crippen LogP contribution in [-0.4, -0.2) is 19.0 Å². The zero-order valence-corrected chi connectivity index (χ0v) is 12.6. The molecule has 2 aromatic rings. The van der Waals surface area contributed by atoms with Gasteiger partial charge in [0.2, 0.25) is 0 Å². The second-order valence-corrected chi connectivity index (χ2v) is 5.48. The molecule has 0 radical (unpaired) electrons. The van der Waals surface area contributed by atoms with Gasteiger partial charge in [0.25, 0.3) is 5.91 Å². The number of thiophene rings is 1. The molecular formula is C15H12F3N3OS. The third-order valence-electron chi connectivity index (χ3n) is 2.94. The van der Waals surface area contributed by atoms with E-state index >= 15 is 0 Å². The minimum atomic E-state index is -4.49. The second-order valence-electron chi connectivity index (χ2n) is 4.53. The minimum Gasteiger partial charge on any atom is -0.382 e. The highest BCUT2D eigenvalue weighted by atomic mass is 32.1. The largest absolute Gasteiger partial charge is 0.416 e. The van der Waals surface area contributed by atoms with Crippen LogP contribution >= 0.6 is 11.3 Å². The fraction of sp³-hybridized carbons (Fsp3) is 0.200.